The minimum Gasteiger partial charge on any atom is -0.345 e. The van der Waals surface area contributed by atoms with Gasteiger partial charge in [-0.15, -0.1) is 0 Å². The molecule has 2 aromatic carbocycles. The van der Waals surface area contributed by atoms with E-state index in [4.69, 9.17) is 0 Å². The fourth-order valence-corrected chi connectivity index (χ4v) is 2.18. The summed E-state index contributed by atoms with van der Waals surface area (Å²) in [5, 5.41) is 7.84. The van der Waals surface area contributed by atoms with Gasteiger partial charge in [0.15, 0.2) is 5.82 Å². The van der Waals surface area contributed by atoms with E-state index in [2.05, 4.69) is 15.4 Å². The summed E-state index contributed by atoms with van der Waals surface area (Å²) in [4.78, 5) is 16.3. The zero-order valence-electron chi connectivity index (χ0n) is 11.4. The van der Waals surface area contributed by atoms with Crippen LogP contribution in [0.25, 0.3) is 10.8 Å². The topological polar surface area (TPSA) is 59.8 Å². The van der Waals surface area contributed by atoms with Crippen molar-refractivity contribution in [3.05, 3.63) is 59.9 Å². The summed E-state index contributed by atoms with van der Waals surface area (Å²) in [5.41, 5.74) is 0.433. The molecule has 1 aromatic heterocycles. The molecule has 1 N–H and O–H groups in total. The van der Waals surface area contributed by atoms with Crippen molar-refractivity contribution >= 4 is 16.7 Å². The summed E-state index contributed by atoms with van der Waals surface area (Å²) >= 11 is 0. The Morgan fingerprint density at radius 3 is 2.71 bits per heavy atom. The highest BCUT2D eigenvalue weighted by Gasteiger charge is 2.12. The van der Waals surface area contributed by atoms with Gasteiger partial charge in [-0.25, -0.2) is 9.37 Å². The van der Waals surface area contributed by atoms with Gasteiger partial charge in [0.25, 0.3) is 5.91 Å². The lowest BCUT2D eigenvalue weighted by molar-refractivity contribution is 0.0951. The van der Waals surface area contributed by atoms with E-state index in [-0.39, 0.29) is 18.3 Å². The molecule has 0 aliphatic rings. The number of carbonyl (C=O) groups excluding carboxylic acids is 1. The van der Waals surface area contributed by atoms with Crippen LogP contribution in [0, 0.1) is 5.82 Å². The minimum absolute atomic E-state index is 0.228. The molecule has 0 aliphatic carbocycles. The third-order valence-corrected chi connectivity index (χ3v) is 3.17. The Bertz CT molecular complexity index is 812. The van der Waals surface area contributed by atoms with Gasteiger partial charge in [-0.1, -0.05) is 24.3 Å². The molecule has 0 spiro atoms. The molecule has 0 unspecified atom stereocenters. The molecule has 1 amide bonds. The Hall–Kier alpha value is -2.76. The van der Waals surface area contributed by atoms with Gasteiger partial charge in [0.05, 0.1) is 6.54 Å². The molecular formula is C15H13FN4O. The number of carbonyl (C=O) groups is 1. The van der Waals surface area contributed by atoms with Crippen LogP contribution in [0.15, 0.2) is 42.7 Å². The van der Waals surface area contributed by atoms with Crippen LogP contribution in [-0.4, -0.2) is 20.7 Å². The summed E-state index contributed by atoms with van der Waals surface area (Å²) in [5.74, 6) is -0.0931. The second-order valence-electron chi connectivity index (χ2n) is 4.66. The van der Waals surface area contributed by atoms with Crippen LogP contribution in [0.1, 0.15) is 16.2 Å². The lowest BCUT2D eigenvalue weighted by Crippen LogP contribution is -2.23. The number of nitrogens with zero attached hydrogens (tertiary/aromatic N) is 3. The van der Waals surface area contributed by atoms with Gasteiger partial charge in [-0.05, 0) is 17.5 Å². The highest BCUT2D eigenvalue weighted by atomic mass is 19.1. The van der Waals surface area contributed by atoms with Crippen molar-refractivity contribution in [1.29, 1.82) is 0 Å². The number of aromatic nitrogens is 3. The second kappa shape index (κ2) is 5.32. The van der Waals surface area contributed by atoms with Crippen LogP contribution in [0.4, 0.5) is 4.39 Å². The summed E-state index contributed by atoms with van der Waals surface area (Å²) in [6.45, 7) is 0.228. The number of aryl methyl sites for hydroxylation is 1. The number of rotatable bonds is 3. The normalized spacial score (nSPS) is 10.8. The number of benzene rings is 2. The van der Waals surface area contributed by atoms with Crippen LogP contribution in [0.3, 0.4) is 0 Å². The summed E-state index contributed by atoms with van der Waals surface area (Å²) in [7, 11) is 1.76. The molecule has 3 aromatic rings. The maximum absolute atomic E-state index is 13.7. The number of hydrogen-bond donors (Lipinski definition) is 1. The quantitative estimate of drug-likeness (QED) is 0.800. The largest absolute Gasteiger partial charge is 0.345 e. The van der Waals surface area contributed by atoms with Crippen molar-refractivity contribution in [1.82, 2.24) is 20.1 Å². The third kappa shape index (κ3) is 2.60. The van der Waals surface area contributed by atoms with E-state index in [0.717, 1.165) is 0 Å². The number of amides is 1. The summed E-state index contributed by atoms with van der Waals surface area (Å²) in [6.07, 6.45) is 1.56. The smallest absolute Gasteiger partial charge is 0.252 e. The monoisotopic (exact) mass is 284 g/mol. The first-order chi connectivity index (χ1) is 10.1. The highest BCUT2D eigenvalue weighted by Crippen LogP contribution is 2.21. The molecule has 1 heterocycles. The third-order valence-electron chi connectivity index (χ3n) is 3.17. The number of nitrogens with one attached hydrogen (secondary N) is 1. The van der Waals surface area contributed by atoms with E-state index in [0.29, 0.717) is 22.2 Å². The zero-order chi connectivity index (χ0) is 14.8. The standard InChI is InChI=1S/C15H13FN4O/c1-20-9-18-14(19-20)8-17-15(21)12-6-7-13(16)11-5-3-2-4-10(11)12/h2-7,9H,8H2,1H3,(H,17,21). The average Bonchev–Trinajstić information content (AvgIpc) is 2.91. The Labute approximate surface area is 120 Å². The Balaban J connectivity index is 1.86. The van der Waals surface area contributed by atoms with Gasteiger partial charge in [-0.2, -0.15) is 5.10 Å². The molecule has 6 heteroatoms. The fourth-order valence-electron chi connectivity index (χ4n) is 2.18. The molecule has 0 saturated carbocycles. The second-order valence-corrected chi connectivity index (χ2v) is 4.66. The van der Waals surface area contributed by atoms with Crippen molar-refractivity contribution in [3.63, 3.8) is 0 Å². The Morgan fingerprint density at radius 2 is 2.00 bits per heavy atom. The van der Waals surface area contributed by atoms with Gasteiger partial charge < -0.3 is 5.32 Å². The van der Waals surface area contributed by atoms with E-state index >= 15 is 0 Å². The molecule has 0 radical (unpaired) electrons. The van der Waals surface area contributed by atoms with Crippen molar-refractivity contribution < 1.29 is 9.18 Å². The van der Waals surface area contributed by atoms with Crippen molar-refractivity contribution in [3.8, 4) is 0 Å². The van der Waals surface area contributed by atoms with E-state index in [9.17, 15) is 9.18 Å². The van der Waals surface area contributed by atoms with Gasteiger partial charge in [-0.3, -0.25) is 9.48 Å². The fraction of sp³-hybridized carbons (Fsp3) is 0.133. The Kier molecular flexibility index (Phi) is 3.35. The Morgan fingerprint density at radius 1 is 1.24 bits per heavy atom. The summed E-state index contributed by atoms with van der Waals surface area (Å²) < 4.78 is 15.3. The predicted octanol–water partition coefficient (Wildman–Crippen LogP) is 2.04. The molecule has 3 rings (SSSR count). The lowest BCUT2D eigenvalue weighted by Gasteiger charge is -2.07. The molecule has 106 valence electrons. The number of hydrogen-bond acceptors (Lipinski definition) is 3. The minimum atomic E-state index is -0.339. The van der Waals surface area contributed by atoms with Gasteiger partial charge in [0.1, 0.15) is 12.1 Å². The number of halogens is 1. The van der Waals surface area contributed by atoms with E-state index in [1.54, 1.807) is 42.3 Å². The molecule has 0 bridgehead atoms. The molecule has 21 heavy (non-hydrogen) atoms. The highest BCUT2D eigenvalue weighted by molar-refractivity contribution is 6.07. The van der Waals surface area contributed by atoms with Gasteiger partial charge in [0, 0.05) is 18.0 Å². The van der Waals surface area contributed by atoms with Crippen LogP contribution >= 0.6 is 0 Å². The SMILES string of the molecule is Cn1cnc(CNC(=O)c2ccc(F)c3ccccc23)n1. The first kappa shape index (κ1) is 13.2. The number of fused-ring (bicyclic) bond motifs is 1. The van der Waals surface area contributed by atoms with Crippen molar-refractivity contribution in [2.24, 2.45) is 7.05 Å². The molecule has 0 saturated heterocycles. The van der Waals surface area contributed by atoms with Gasteiger partial charge in [0.2, 0.25) is 0 Å². The predicted molar refractivity (Wildman–Crippen MR) is 76.1 cm³/mol. The first-order valence-electron chi connectivity index (χ1n) is 6.45. The molecule has 0 aliphatic heterocycles. The van der Waals surface area contributed by atoms with E-state index < -0.39 is 0 Å². The van der Waals surface area contributed by atoms with Crippen LogP contribution in [0.2, 0.25) is 0 Å². The maximum Gasteiger partial charge on any atom is 0.252 e. The maximum atomic E-state index is 13.7. The van der Waals surface area contributed by atoms with Crippen LogP contribution < -0.4 is 5.32 Å². The van der Waals surface area contributed by atoms with E-state index in [1.165, 1.54) is 12.1 Å². The van der Waals surface area contributed by atoms with E-state index in [1.807, 2.05) is 0 Å². The summed E-state index contributed by atoms with van der Waals surface area (Å²) in [6, 6.07) is 9.69. The zero-order valence-corrected chi connectivity index (χ0v) is 11.4. The lowest BCUT2D eigenvalue weighted by atomic mass is 10.0. The molecule has 0 atom stereocenters. The molecule has 5 nitrogen and oxygen atoms in total. The first-order valence-corrected chi connectivity index (χ1v) is 6.45. The van der Waals surface area contributed by atoms with Crippen molar-refractivity contribution in [2.45, 2.75) is 6.54 Å². The average molecular weight is 284 g/mol. The van der Waals surface area contributed by atoms with Crippen LogP contribution in [0.5, 0.6) is 0 Å². The van der Waals surface area contributed by atoms with Crippen molar-refractivity contribution in [2.75, 3.05) is 0 Å². The molecular weight excluding hydrogens is 271 g/mol. The van der Waals surface area contributed by atoms with Crippen LogP contribution in [-0.2, 0) is 13.6 Å². The molecule has 0 fully saturated rings. The van der Waals surface area contributed by atoms with Gasteiger partial charge >= 0.3 is 0 Å².